The first-order valence-corrected chi connectivity index (χ1v) is 20.3. The van der Waals surface area contributed by atoms with Crippen molar-refractivity contribution in [3.63, 3.8) is 0 Å². The first-order valence-electron chi connectivity index (χ1n) is 20.3. The molecule has 1 nitrogen and oxygen atoms in total. The Morgan fingerprint density at radius 3 is 1.53 bits per heavy atom. The van der Waals surface area contributed by atoms with Crippen LogP contribution in [0.4, 0.5) is 17.1 Å². The number of hydrogen-bond donors (Lipinski definition) is 0. The maximum atomic E-state index is 2.51. The van der Waals surface area contributed by atoms with Crippen molar-refractivity contribution in [2.24, 2.45) is 0 Å². The number of nitrogens with zero attached hydrogens (tertiary/aromatic N) is 1. The number of rotatable bonds is 8. The van der Waals surface area contributed by atoms with E-state index in [0.717, 1.165) is 31.4 Å². The number of benzene rings is 8. The van der Waals surface area contributed by atoms with Crippen LogP contribution in [0.25, 0.3) is 54.9 Å². The second-order valence-corrected chi connectivity index (χ2v) is 15.8. The molecule has 0 bridgehead atoms. The highest BCUT2D eigenvalue weighted by atomic mass is 15.1. The first-order chi connectivity index (χ1) is 27.0. The van der Waals surface area contributed by atoms with Gasteiger partial charge in [-0.3, -0.25) is 0 Å². The van der Waals surface area contributed by atoms with Crippen LogP contribution < -0.4 is 4.90 Å². The van der Waals surface area contributed by atoms with Crippen LogP contribution in [0.3, 0.4) is 0 Å². The molecule has 8 aromatic rings. The molecular formula is C54H47N. The first kappa shape index (κ1) is 33.6. The summed E-state index contributed by atoms with van der Waals surface area (Å²) in [7, 11) is 0. The van der Waals surface area contributed by atoms with E-state index in [9.17, 15) is 0 Å². The minimum atomic E-state index is -0.00661. The van der Waals surface area contributed by atoms with Crippen LogP contribution in [-0.2, 0) is 10.8 Å². The van der Waals surface area contributed by atoms with Gasteiger partial charge < -0.3 is 4.90 Å². The van der Waals surface area contributed by atoms with E-state index in [1.807, 2.05) is 0 Å². The monoisotopic (exact) mass is 709 g/mol. The number of fused-ring (bicyclic) bond motifs is 8. The zero-order valence-electron chi connectivity index (χ0n) is 32.4. The molecule has 0 saturated heterocycles. The van der Waals surface area contributed by atoms with Crippen molar-refractivity contribution in [2.45, 2.75) is 64.2 Å². The molecule has 0 spiro atoms. The molecule has 0 saturated carbocycles. The van der Waals surface area contributed by atoms with Crippen molar-refractivity contribution in [1.82, 2.24) is 0 Å². The fourth-order valence-corrected chi connectivity index (χ4v) is 10.5. The van der Waals surface area contributed by atoms with Gasteiger partial charge in [0, 0.05) is 27.9 Å². The lowest BCUT2D eigenvalue weighted by Gasteiger charge is -2.32. The fraction of sp³-hybridized carbons (Fsp3) is 0.185. The molecule has 55 heavy (non-hydrogen) atoms. The van der Waals surface area contributed by atoms with Crippen LogP contribution >= 0.6 is 0 Å². The molecule has 0 heterocycles. The van der Waals surface area contributed by atoms with Crippen LogP contribution in [0.1, 0.15) is 75.6 Å². The van der Waals surface area contributed by atoms with Crippen molar-refractivity contribution in [2.75, 3.05) is 4.90 Å². The Morgan fingerprint density at radius 2 is 0.818 bits per heavy atom. The van der Waals surface area contributed by atoms with E-state index in [2.05, 4.69) is 196 Å². The van der Waals surface area contributed by atoms with Gasteiger partial charge in [-0.15, -0.1) is 0 Å². The second-order valence-electron chi connectivity index (χ2n) is 15.8. The molecule has 0 amide bonds. The average molecular weight is 710 g/mol. The van der Waals surface area contributed by atoms with Crippen LogP contribution in [0.2, 0.25) is 0 Å². The predicted octanol–water partition coefficient (Wildman–Crippen LogP) is 15.3. The van der Waals surface area contributed by atoms with Gasteiger partial charge in [0.15, 0.2) is 0 Å². The summed E-state index contributed by atoms with van der Waals surface area (Å²) >= 11 is 0. The summed E-state index contributed by atoms with van der Waals surface area (Å²) < 4.78 is 0. The van der Waals surface area contributed by atoms with Gasteiger partial charge in [0.1, 0.15) is 0 Å². The Morgan fingerprint density at radius 1 is 0.327 bits per heavy atom. The van der Waals surface area contributed by atoms with E-state index in [0.29, 0.717) is 0 Å². The van der Waals surface area contributed by atoms with Crippen molar-refractivity contribution in [3.8, 4) is 33.4 Å². The van der Waals surface area contributed by atoms with Gasteiger partial charge >= 0.3 is 0 Å². The Labute approximate surface area is 325 Å². The van der Waals surface area contributed by atoms with Crippen molar-refractivity contribution in [3.05, 3.63) is 186 Å². The lowest BCUT2D eigenvalue weighted by molar-refractivity contribution is 0.490. The predicted molar refractivity (Wildman–Crippen MR) is 235 cm³/mol. The van der Waals surface area contributed by atoms with E-state index in [1.165, 1.54) is 88.6 Å². The molecule has 0 aromatic heterocycles. The SMILES string of the molecule is CCC1(CC)c2ccccc2-c2ccc(N(c3ccc(-c4ccc5ccccc5c4)cc3)c3ccc4c(c3)-c3cc5ccccc5cc3C4(CC)CC)cc21. The van der Waals surface area contributed by atoms with E-state index < -0.39 is 0 Å². The topological polar surface area (TPSA) is 3.24 Å². The highest BCUT2D eigenvalue weighted by molar-refractivity contribution is 5.96. The molecular weight excluding hydrogens is 663 g/mol. The molecule has 8 aromatic carbocycles. The zero-order chi connectivity index (χ0) is 37.3. The van der Waals surface area contributed by atoms with Gasteiger partial charge in [0.25, 0.3) is 0 Å². The molecule has 0 fully saturated rings. The Hall–Kier alpha value is -5.92. The molecule has 0 radical (unpaired) electrons. The zero-order valence-corrected chi connectivity index (χ0v) is 32.4. The minimum absolute atomic E-state index is 0.000757. The van der Waals surface area contributed by atoms with Crippen LogP contribution in [0.15, 0.2) is 164 Å². The summed E-state index contributed by atoms with van der Waals surface area (Å²) in [6, 6.07) is 62.1. The van der Waals surface area contributed by atoms with Gasteiger partial charge in [0.2, 0.25) is 0 Å². The molecule has 10 rings (SSSR count). The highest BCUT2D eigenvalue weighted by Gasteiger charge is 2.42. The van der Waals surface area contributed by atoms with Crippen molar-refractivity contribution >= 4 is 38.6 Å². The van der Waals surface area contributed by atoms with Crippen LogP contribution in [-0.4, -0.2) is 0 Å². The Kier molecular flexibility index (Phi) is 7.86. The molecule has 0 aliphatic heterocycles. The van der Waals surface area contributed by atoms with E-state index >= 15 is 0 Å². The normalized spacial score (nSPS) is 14.4. The maximum Gasteiger partial charge on any atom is 0.0468 e. The summed E-state index contributed by atoms with van der Waals surface area (Å²) in [5.41, 5.74) is 17.4. The quantitative estimate of drug-likeness (QED) is 0.152. The van der Waals surface area contributed by atoms with Crippen molar-refractivity contribution < 1.29 is 0 Å². The lowest BCUT2D eigenvalue weighted by Crippen LogP contribution is -2.23. The van der Waals surface area contributed by atoms with E-state index in [4.69, 9.17) is 0 Å². The summed E-state index contributed by atoms with van der Waals surface area (Å²) in [6.45, 7) is 9.46. The third-order valence-corrected chi connectivity index (χ3v) is 13.6. The van der Waals surface area contributed by atoms with Crippen molar-refractivity contribution in [1.29, 1.82) is 0 Å². The molecule has 0 atom stereocenters. The average Bonchev–Trinajstić information content (AvgIpc) is 3.68. The highest BCUT2D eigenvalue weighted by Crippen LogP contribution is 2.57. The van der Waals surface area contributed by atoms with Gasteiger partial charge in [0.05, 0.1) is 0 Å². The standard InChI is InChI=1S/C54H47N/c1-5-53(6-2)49-20-14-13-19-45(49)46-29-27-44(35-52(46)53)55(42-25-23-37(24-26-42)41-22-21-36-15-9-10-16-38(36)31-41)43-28-30-50-48(34-43)47-32-39-17-11-12-18-40(39)33-51(47)54(50,7-3)8-4/h9-35H,5-8H2,1-4H3. The lowest BCUT2D eigenvalue weighted by atomic mass is 9.73. The summed E-state index contributed by atoms with van der Waals surface area (Å²) in [5.74, 6) is 0. The number of anilines is 3. The summed E-state index contributed by atoms with van der Waals surface area (Å²) in [4.78, 5) is 2.50. The molecule has 2 aliphatic carbocycles. The van der Waals surface area contributed by atoms with Crippen LogP contribution in [0, 0.1) is 0 Å². The largest absolute Gasteiger partial charge is 0.310 e. The Bertz CT molecular complexity index is 2760. The molecule has 268 valence electrons. The third kappa shape index (κ3) is 4.92. The molecule has 2 aliphatic rings. The van der Waals surface area contributed by atoms with E-state index in [1.54, 1.807) is 0 Å². The van der Waals surface area contributed by atoms with E-state index in [-0.39, 0.29) is 10.8 Å². The van der Waals surface area contributed by atoms with Crippen LogP contribution in [0.5, 0.6) is 0 Å². The van der Waals surface area contributed by atoms with Gasteiger partial charge in [-0.25, -0.2) is 0 Å². The third-order valence-electron chi connectivity index (χ3n) is 13.6. The molecule has 0 unspecified atom stereocenters. The molecule has 0 N–H and O–H groups in total. The maximum absolute atomic E-state index is 2.51. The summed E-state index contributed by atoms with van der Waals surface area (Å²) in [6.07, 6.45) is 4.28. The van der Waals surface area contributed by atoms with Gasteiger partial charge in [-0.1, -0.05) is 137 Å². The second kappa shape index (κ2) is 12.8. The van der Waals surface area contributed by atoms with Gasteiger partial charge in [-0.05, 0) is 157 Å². The fourth-order valence-electron chi connectivity index (χ4n) is 10.5. The van der Waals surface area contributed by atoms with Gasteiger partial charge in [-0.2, -0.15) is 0 Å². The minimum Gasteiger partial charge on any atom is -0.310 e. The number of hydrogen-bond acceptors (Lipinski definition) is 1. The summed E-state index contributed by atoms with van der Waals surface area (Å²) in [5, 5.41) is 5.16. The molecule has 1 heteroatoms. The smallest absolute Gasteiger partial charge is 0.0468 e. The Balaban J connectivity index is 1.16.